The van der Waals surface area contributed by atoms with Crippen LogP contribution in [0.1, 0.15) is 46.0 Å². The molecule has 0 aromatic rings. The molecular weight excluding hydrogens is 228 g/mol. The molecule has 0 radical (unpaired) electrons. The largest absolute Gasteiger partial charge is 0.373 e. The second-order valence-corrected chi connectivity index (χ2v) is 5.97. The predicted octanol–water partition coefficient (Wildman–Crippen LogP) is 1.45. The number of amides is 1. The quantitative estimate of drug-likeness (QED) is 0.798. The van der Waals surface area contributed by atoms with Gasteiger partial charge in [0.05, 0.1) is 11.0 Å². The van der Waals surface area contributed by atoms with Gasteiger partial charge >= 0.3 is 0 Å². The van der Waals surface area contributed by atoms with Gasteiger partial charge in [0.15, 0.2) is 0 Å². The second-order valence-electron chi connectivity index (χ2n) is 5.97. The highest BCUT2D eigenvalue weighted by Gasteiger charge is 2.39. The van der Waals surface area contributed by atoms with Gasteiger partial charge < -0.3 is 15.4 Å². The number of carbonyl (C=O) groups is 1. The van der Waals surface area contributed by atoms with Crippen molar-refractivity contribution in [3.8, 4) is 0 Å². The Kier molecular flexibility index (Phi) is 4.28. The van der Waals surface area contributed by atoms with E-state index in [0.29, 0.717) is 6.54 Å². The van der Waals surface area contributed by atoms with Crippen LogP contribution in [0.2, 0.25) is 0 Å². The SMILES string of the molecule is CCC1(C(=O)NCC2(C)CCCO2)CCNCC1. The molecule has 2 N–H and O–H groups in total. The molecule has 2 saturated heterocycles. The molecule has 4 nitrogen and oxygen atoms in total. The molecule has 18 heavy (non-hydrogen) atoms. The molecule has 104 valence electrons. The van der Waals surface area contributed by atoms with Crippen LogP contribution in [-0.2, 0) is 9.53 Å². The third kappa shape index (κ3) is 2.86. The molecule has 0 aliphatic carbocycles. The summed E-state index contributed by atoms with van der Waals surface area (Å²) >= 11 is 0. The minimum atomic E-state index is -0.153. The smallest absolute Gasteiger partial charge is 0.226 e. The number of rotatable bonds is 4. The lowest BCUT2D eigenvalue weighted by Crippen LogP contribution is -2.50. The van der Waals surface area contributed by atoms with Gasteiger partial charge in [-0.2, -0.15) is 0 Å². The lowest BCUT2D eigenvalue weighted by molar-refractivity contribution is -0.134. The maximum atomic E-state index is 12.5. The molecule has 1 amide bonds. The van der Waals surface area contributed by atoms with Crippen molar-refractivity contribution in [3.05, 3.63) is 0 Å². The van der Waals surface area contributed by atoms with Gasteiger partial charge in [-0.25, -0.2) is 0 Å². The third-order valence-electron chi connectivity index (χ3n) is 4.64. The van der Waals surface area contributed by atoms with Crippen molar-refractivity contribution < 1.29 is 9.53 Å². The van der Waals surface area contributed by atoms with E-state index in [1.165, 1.54) is 0 Å². The van der Waals surface area contributed by atoms with Crippen LogP contribution in [0.25, 0.3) is 0 Å². The molecule has 1 unspecified atom stereocenters. The van der Waals surface area contributed by atoms with Crippen LogP contribution in [-0.4, -0.2) is 37.7 Å². The fraction of sp³-hybridized carbons (Fsp3) is 0.929. The average molecular weight is 254 g/mol. The highest BCUT2D eigenvalue weighted by molar-refractivity contribution is 5.82. The summed E-state index contributed by atoms with van der Waals surface area (Å²) in [6, 6.07) is 0. The summed E-state index contributed by atoms with van der Waals surface area (Å²) in [5.41, 5.74) is -0.294. The molecule has 1 atom stereocenters. The van der Waals surface area contributed by atoms with Crippen LogP contribution in [0.5, 0.6) is 0 Å². The predicted molar refractivity (Wildman–Crippen MR) is 71.4 cm³/mol. The van der Waals surface area contributed by atoms with E-state index in [9.17, 15) is 4.79 Å². The summed E-state index contributed by atoms with van der Waals surface area (Å²) < 4.78 is 5.72. The zero-order valence-electron chi connectivity index (χ0n) is 11.7. The highest BCUT2D eigenvalue weighted by atomic mass is 16.5. The molecule has 2 rings (SSSR count). The number of hydrogen-bond acceptors (Lipinski definition) is 3. The first-order chi connectivity index (χ1) is 8.60. The molecule has 4 heteroatoms. The monoisotopic (exact) mass is 254 g/mol. The molecule has 0 aromatic carbocycles. The molecule has 0 spiro atoms. The van der Waals surface area contributed by atoms with E-state index in [1.807, 2.05) is 0 Å². The molecule has 0 bridgehead atoms. The summed E-state index contributed by atoms with van der Waals surface area (Å²) in [5, 5.41) is 6.46. The normalized spacial score (nSPS) is 31.2. The van der Waals surface area contributed by atoms with Crippen molar-refractivity contribution in [3.63, 3.8) is 0 Å². The van der Waals surface area contributed by atoms with Crippen molar-refractivity contribution >= 4 is 5.91 Å². The Labute approximate surface area is 110 Å². The molecule has 2 heterocycles. The van der Waals surface area contributed by atoms with Gasteiger partial charge in [-0.05, 0) is 52.1 Å². The minimum absolute atomic E-state index is 0.141. The zero-order chi connectivity index (χ0) is 13.1. The summed E-state index contributed by atoms with van der Waals surface area (Å²) in [6.07, 6.45) is 4.99. The van der Waals surface area contributed by atoms with Crippen LogP contribution in [0.4, 0.5) is 0 Å². The molecular formula is C14H26N2O2. The van der Waals surface area contributed by atoms with E-state index >= 15 is 0 Å². The lowest BCUT2D eigenvalue weighted by atomic mass is 9.75. The van der Waals surface area contributed by atoms with Crippen LogP contribution in [0.15, 0.2) is 0 Å². The fourth-order valence-electron chi connectivity index (χ4n) is 3.08. The van der Waals surface area contributed by atoms with Gasteiger partial charge in [0, 0.05) is 13.2 Å². The van der Waals surface area contributed by atoms with Gasteiger partial charge in [-0.3, -0.25) is 4.79 Å². The molecule has 0 saturated carbocycles. The van der Waals surface area contributed by atoms with Gasteiger partial charge in [-0.15, -0.1) is 0 Å². The van der Waals surface area contributed by atoms with E-state index in [1.54, 1.807) is 0 Å². The zero-order valence-corrected chi connectivity index (χ0v) is 11.7. The minimum Gasteiger partial charge on any atom is -0.373 e. The van der Waals surface area contributed by atoms with E-state index in [0.717, 1.165) is 51.8 Å². The molecule has 0 aromatic heterocycles. The van der Waals surface area contributed by atoms with E-state index in [4.69, 9.17) is 4.74 Å². The first-order valence-corrected chi connectivity index (χ1v) is 7.23. The molecule has 2 aliphatic heterocycles. The Morgan fingerprint density at radius 2 is 2.06 bits per heavy atom. The van der Waals surface area contributed by atoms with Crippen LogP contribution >= 0.6 is 0 Å². The van der Waals surface area contributed by atoms with Gasteiger partial charge in [0.2, 0.25) is 5.91 Å². The maximum Gasteiger partial charge on any atom is 0.226 e. The standard InChI is InChI=1S/C14H26N2O2/c1-3-14(6-8-15-9-7-14)12(17)16-11-13(2)5-4-10-18-13/h15H,3-11H2,1-2H3,(H,16,17). The third-order valence-corrected chi connectivity index (χ3v) is 4.64. The highest BCUT2D eigenvalue weighted by Crippen LogP contribution is 2.33. The van der Waals surface area contributed by atoms with Crippen molar-refractivity contribution in [1.82, 2.24) is 10.6 Å². The van der Waals surface area contributed by atoms with Crippen molar-refractivity contribution in [2.75, 3.05) is 26.2 Å². The Bertz CT molecular complexity index is 292. The lowest BCUT2D eigenvalue weighted by Gasteiger charge is -2.36. The first-order valence-electron chi connectivity index (χ1n) is 7.23. The number of piperidine rings is 1. The second kappa shape index (κ2) is 5.57. The Morgan fingerprint density at radius 3 is 2.61 bits per heavy atom. The van der Waals surface area contributed by atoms with Gasteiger partial charge in [0.1, 0.15) is 0 Å². The van der Waals surface area contributed by atoms with Crippen molar-refractivity contribution in [1.29, 1.82) is 0 Å². The number of hydrogen-bond donors (Lipinski definition) is 2. The summed E-state index contributed by atoms with van der Waals surface area (Å²) in [6.45, 7) is 7.61. The number of nitrogens with one attached hydrogen (secondary N) is 2. The summed E-state index contributed by atoms with van der Waals surface area (Å²) in [5.74, 6) is 0.225. The number of carbonyl (C=O) groups excluding carboxylic acids is 1. The maximum absolute atomic E-state index is 12.5. The summed E-state index contributed by atoms with van der Waals surface area (Å²) in [4.78, 5) is 12.5. The first kappa shape index (κ1) is 13.8. The topological polar surface area (TPSA) is 50.4 Å². The Hall–Kier alpha value is -0.610. The number of ether oxygens (including phenoxy) is 1. The van der Waals surface area contributed by atoms with Crippen LogP contribution < -0.4 is 10.6 Å². The van der Waals surface area contributed by atoms with Gasteiger partial charge in [-0.1, -0.05) is 6.92 Å². The summed E-state index contributed by atoms with van der Waals surface area (Å²) in [7, 11) is 0. The fourth-order valence-corrected chi connectivity index (χ4v) is 3.08. The Balaban J connectivity index is 1.89. The van der Waals surface area contributed by atoms with E-state index < -0.39 is 0 Å². The Morgan fingerprint density at radius 1 is 1.33 bits per heavy atom. The molecule has 2 aliphatic rings. The van der Waals surface area contributed by atoms with Crippen LogP contribution in [0.3, 0.4) is 0 Å². The van der Waals surface area contributed by atoms with Crippen molar-refractivity contribution in [2.45, 2.75) is 51.6 Å². The van der Waals surface area contributed by atoms with Gasteiger partial charge in [0.25, 0.3) is 0 Å². The van der Waals surface area contributed by atoms with Crippen molar-refractivity contribution in [2.24, 2.45) is 5.41 Å². The molecule has 2 fully saturated rings. The van der Waals surface area contributed by atoms with E-state index in [2.05, 4.69) is 24.5 Å². The van der Waals surface area contributed by atoms with E-state index in [-0.39, 0.29) is 16.9 Å². The van der Waals surface area contributed by atoms with Crippen LogP contribution in [0, 0.1) is 5.41 Å². The average Bonchev–Trinajstić information content (AvgIpc) is 2.84.